The monoisotopic (exact) mass is 340 g/mol. The number of hydrogen-bond acceptors (Lipinski definition) is 4. The summed E-state index contributed by atoms with van der Waals surface area (Å²) in [4.78, 5) is 16.4. The molecule has 0 saturated carbocycles. The smallest absolute Gasteiger partial charge is 0.292 e. The molecule has 2 aromatic rings. The van der Waals surface area contributed by atoms with Gasteiger partial charge in [-0.25, -0.2) is 0 Å². The van der Waals surface area contributed by atoms with E-state index in [-0.39, 0.29) is 10.6 Å². The zero-order chi connectivity index (χ0) is 16.3. The molecule has 0 spiro atoms. The highest BCUT2D eigenvalue weighted by Crippen LogP contribution is 2.20. The molecule has 0 fully saturated rings. The van der Waals surface area contributed by atoms with Crippen LogP contribution in [0.15, 0.2) is 35.3 Å². The van der Waals surface area contributed by atoms with Gasteiger partial charge in [0.2, 0.25) is 0 Å². The van der Waals surface area contributed by atoms with Gasteiger partial charge in [0, 0.05) is 25.2 Å². The van der Waals surface area contributed by atoms with Crippen LogP contribution >= 0.6 is 23.2 Å². The second-order valence-corrected chi connectivity index (χ2v) is 6.08. The Morgan fingerprint density at radius 2 is 1.73 bits per heavy atom. The summed E-state index contributed by atoms with van der Waals surface area (Å²) >= 11 is 12.1. The van der Waals surface area contributed by atoms with E-state index in [1.165, 1.54) is 4.68 Å². The van der Waals surface area contributed by atoms with Crippen LogP contribution in [0.1, 0.15) is 0 Å². The molecule has 0 unspecified atom stereocenters. The summed E-state index contributed by atoms with van der Waals surface area (Å²) < 4.78 is 1.27. The molecule has 1 aromatic heterocycles. The molecule has 1 aromatic carbocycles. The van der Waals surface area contributed by atoms with Crippen LogP contribution in [0.25, 0.3) is 5.69 Å². The molecule has 0 amide bonds. The number of rotatable bonds is 5. The Labute approximate surface area is 139 Å². The summed E-state index contributed by atoms with van der Waals surface area (Å²) in [6, 6.07) is 6.86. The van der Waals surface area contributed by atoms with Crippen LogP contribution in [0.2, 0.25) is 10.0 Å². The van der Waals surface area contributed by atoms with Crippen LogP contribution in [0.3, 0.4) is 0 Å². The van der Waals surface area contributed by atoms with Crippen molar-refractivity contribution in [3.05, 3.63) is 50.9 Å². The van der Waals surface area contributed by atoms with Crippen molar-refractivity contribution >= 4 is 28.9 Å². The van der Waals surface area contributed by atoms with E-state index in [4.69, 9.17) is 23.2 Å². The van der Waals surface area contributed by atoms with Gasteiger partial charge in [-0.3, -0.25) is 4.79 Å². The Kier molecular flexibility index (Phi) is 5.45. The fraction of sp³-hybridized carbons (Fsp3) is 0.333. The Bertz CT molecular complexity index is 698. The number of benzene rings is 1. The molecule has 0 bridgehead atoms. The maximum Gasteiger partial charge on any atom is 0.292 e. The summed E-state index contributed by atoms with van der Waals surface area (Å²) in [6.07, 6.45) is 1.61. The van der Waals surface area contributed by atoms with Gasteiger partial charge in [-0.15, -0.1) is 0 Å². The minimum absolute atomic E-state index is 0.159. The van der Waals surface area contributed by atoms with Crippen molar-refractivity contribution in [1.82, 2.24) is 14.7 Å². The molecule has 0 radical (unpaired) electrons. The van der Waals surface area contributed by atoms with Crippen molar-refractivity contribution in [2.45, 2.75) is 0 Å². The van der Waals surface area contributed by atoms with Gasteiger partial charge in [0.1, 0.15) is 5.02 Å². The highest BCUT2D eigenvalue weighted by Gasteiger charge is 2.14. The third-order valence-electron chi connectivity index (χ3n) is 3.27. The maximum absolute atomic E-state index is 12.4. The lowest BCUT2D eigenvalue weighted by atomic mass is 10.3. The van der Waals surface area contributed by atoms with Gasteiger partial charge in [-0.1, -0.05) is 23.2 Å². The van der Waals surface area contributed by atoms with Gasteiger partial charge in [0.15, 0.2) is 0 Å². The van der Waals surface area contributed by atoms with Crippen LogP contribution in [0, 0.1) is 0 Å². The fourth-order valence-corrected chi connectivity index (χ4v) is 2.33. The summed E-state index contributed by atoms with van der Waals surface area (Å²) in [5.41, 5.74) is 0.899. The fourth-order valence-electron chi connectivity index (χ4n) is 1.93. The molecule has 1 heterocycles. The Hall–Kier alpha value is -1.56. The molecule has 0 aliphatic carbocycles. The Morgan fingerprint density at radius 3 is 2.32 bits per heavy atom. The van der Waals surface area contributed by atoms with Crippen molar-refractivity contribution in [2.75, 3.05) is 39.1 Å². The van der Waals surface area contributed by atoms with Crippen LogP contribution < -0.4 is 10.5 Å². The normalized spacial score (nSPS) is 11.0. The van der Waals surface area contributed by atoms with Crippen molar-refractivity contribution in [1.29, 1.82) is 0 Å². The van der Waals surface area contributed by atoms with Crippen molar-refractivity contribution in [2.24, 2.45) is 0 Å². The molecule has 118 valence electrons. The summed E-state index contributed by atoms with van der Waals surface area (Å²) in [6.45, 7) is 1.60. The lowest BCUT2D eigenvalue weighted by Crippen LogP contribution is -2.31. The quantitative estimate of drug-likeness (QED) is 0.838. The molecule has 7 heteroatoms. The number of nitrogens with zero attached hydrogens (tertiary/aromatic N) is 4. The first kappa shape index (κ1) is 16.8. The standard InChI is InChI=1S/C15H18Cl2N4O/c1-19(2)8-9-20(3)13-10-18-21(15(22)14(13)17)12-6-4-11(16)5-7-12/h4-7,10H,8-9H2,1-3H3. The van der Waals surface area contributed by atoms with E-state index in [2.05, 4.69) is 10.00 Å². The molecule has 22 heavy (non-hydrogen) atoms. The molecular weight excluding hydrogens is 323 g/mol. The number of likely N-dealkylation sites (N-methyl/N-ethyl adjacent to an activating group) is 2. The SMILES string of the molecule is CN(C)CCN(C)c1cnn(-c2ccc(Cl)cc2)c(=O)c1Cl. The van der Waals surface area contributed by atoms with Crippen molar-refractivity contribution < 1.29 is 0 Å². The largest absolute Gasteiger partial charge is 0.371 e. The van der Waals surface area contributed by atoms with E-state index in [9.17, 15) is 4.79 Å². The van der Waals surface area contributed by atoms with Crippen molar-refractivity contribution in [3.8, 4) is 5.69 Å². The van der Waals surface area contributed by atoms with E-state index in [1.54, 1.807) is 30.5 Å². The van der Waals surface area contributed by atoms with Crippen LogP contribution in [-0.4, -0.2) is 48.9 Å². The zero-order valence-electron chi connectivity index (χ0n) is 12.8. The lowest BCUT2D eigenvalue weighted by molar-refractivity contribution is 0.416. The second kappa shape index (κ2) is 7.13. The third kappa shape index (κ3) is 3.80. The number of halogens is 2. The molecule has 0 aliphatic rings. The highest BCUT2D eigenvalue weighted by atomic mass is 35.5. The predicted molar refractivity (Wildman–Crippen MR) is 91.7 cm³/mol. The first-order valence-corrected chi connectivity index (χ1v) is 7.55. The maximum atomic E-state index is 12.4. The van der Waals surface area contributed by atoms with Gasteiger partial charge in [-0.2, -0.15) is 9.78 Å². The topological polar surface area (TPSA) is 41.4 Å². The van der Waals surface area contributed by atoms with Gasteiger partial charge in [0.05, 0.1) is 17.6 Å². The number of aromatic nitrogens is 2. The zero-order valence-corrected chi connectivity index (χ0v) is 14.3. The average molecular weight is 341 g/mol. The van der Waals surface area contributed by atoms with Gasteiger partial charge < -0.3 is 9.80 Å². The molecule has 0 atom stereocenters. The highest BCUT2D eigenvalue weighted by molar-refractivity contribution is 6.33. The van der Waals surface area contributed by atoms with E-state index in [0.717, 1.165) is 13.1 Å². The van der Waals surface area contributed by atoms with Crippen LogP contribution in [-0.2, 0) is 0 Å². The first-order chi connectivity index (χ1) is 10.4. The predicted octanol–water partition coefficient (Wildman–Crippen LogP) is 2.54. The van der Waals surface area contributed by atoms with E-state index >= 15 is 0 Å². The van der Waals surface area contributed by atoms with Gasteiger partial charge >= 0.3 is 0 Å². The minimum atomic E-state index is -0.349. The first-order valence-electron chi connectivity index (χ1n) is 6.80. The number of anilines is 1. The van der Waals surface area contributed by atoms with E-state index in [0.29, 0.717) is 16.4 Å². The third-order valence-corrected chi connectivity index (χ3v) is 3.87. The van der Waals surface area contributed by atoms with E-state index in [1.807, 2.05) is 26.0 Å². The summed E-state index contributed by atoms with van der Waals surface area (Å²) in [5.74, 6) is 0. The lowest BCUT2D eigenvalue weighted by Gasteiger charge is -2.22. The summed E-state index contributed by atoms with van der Waals surface area (Å²) in [5, 5.41) is 4.97. The second-order valence-electron chi connectivity index (χ2n) is 5.26. The van der Waals surface area contributed by atoms with Crippen LogP contribution in [0.4, 0.5) is 5.69 Å². The molecule has 0 N–H and O–H groups in total. The van der Waals surface area contributed by atoms with E-state index < -0.39 is 0 Å². The summed E-state index contributed by atoms with van der Waals surface area (Å²) in [7, 11) is 5.87. The molecule has 5 nitrogen and oxygen atoms in total. The molecular formula is C15H18Cl2N4O. The molecule has 2 rings (SSSR count). The molecule has 0 aliphatic heterocycles. The minimum Gasteiger partial charge on any atom is -0.371 e. The Balaban J connectivity index is 2.33. The Morgan fingerprint density at radius 1 is 1.09 bits per heavy atom. The average Bonchev–Trinajstić information content (AvgIpc) is 2.48. The van der Waals surface area contributed by atoms with Gasteiger partial charge in [-0.05, 0) is 38.4 Å². The molecule has 0 saturated heterocycles. The van der Waals surface area contributed by atoms with Crippen molar-refractivity contribution in [3.63, 3.8) is 0 Å². The van der Waals surface area contributed by atoms with Crippen LogP contribution in [0.5, 0.6) is 0 Å². The number of hydrogen-bond donors (Lipinski definition) is 0. The van der Waals surface area contributed by atoms with Gasteiger partial charge in [0.25, 0.3) is 5.56 Å².